The maximum Gasteiger partial charge on any atom is 0.335 e. The number of rotatable bonds is 3. The number of carbonyl (C=O) groups is 2. The minimum atomic E-state index is -1.03. The number of urea groups is 1. The Bertz CT molecular complexity index is 532. The lowest BCUT2D eigenvalue weighted by atomic mass is 9.95. The summed E-state index contributed by atoms with van der Waals surface area (Å²) in [6, 6.07) is 5.75. The fourth-order valence-corrected chi connectivity index (χ4v) is 2.15. The van der Waals surface area contributed by atoms with Crippen LogP contribution in [-0.4, -0.2) is 35.4 Å². The molecule has 0 radical (unpaired) electrons. The van der Waals surface area contributed by atoms with Crippen LogP contribution in [-0.2, 0) is 4.74 Å². The summed E-state index contributed by atoms with van der Waals surface area (Å²) in [6.07, 6.45) is 0.690. The lowest BCUT2D eigenvalue weighted by Crippen LogP contribution is -2.52. The number of carboxylic acids is 1. The van der Waals surface area contributed by atoms with Crippen molar-refractivity contribution in [1.82, 2.24) is 5.32 Å². The molecule has 1 aliphatic heterocycles. The largest absolute Gasteiger partial charge is 0.478 e. The van der Waals surface area contributed by atoms with Crippen LogP contribution in [0, 0.1) is 0 Å². The molecule has 6 heteroatoms. The van der Waals surface area contributed by atoms with Gasteiger partial charge in [-0.25, -0.2) is 9.59 Å². The number of carbonyl (C=O) groups excluding carboxylic acids is 1. The zero-order valence-electron chi connectivity index (χ0n) is 11.5. The predicted octanol–water partition coefficient (Wildman–Crippen LogP) is 2.07. The second kappa shape index (κ2) is 5.50. The summed E-state index contributed by atoms with van der Waals surface area (Å²) < 4.78 is 5.45. The van der Waals surface area contributed by atoms with Gasteiger partial charge in [-0.2, -0.15) is 0 Å². The van der Waals surface area contributed by atoms with Gasteiger partial charge in [-0.05, 0) is 38.5 Å². The molecule has 108 valence electrons. The minimum absolute atomic E-state index is 0.0568. The molecule has 1 saturated heterocycles. The molecule has 0 bridgehead atoms. The third kappa shape index (κ3) is 3.08. The Morgan fingerprint density at radius 1 is 1.45 bits per heavy atom. The molecule has 0 saturated carbocycles. The molecule has 2 unspecified atom stereocenters. The van der Waals surface area contributed by atoms with Crippen LogP contribution >= 0.6 is 0 Å². The van der Waals surface area contributed by atoms with E-state index in [0.717, 1.165) is 6.42 Å². The summed E-state index contributed by atoms with van der Waals surface area (Å²) in [7, 11) is 0. The second-order valence-electron chi connectivity index (χ2n) is 5.15. The zero-order chi connectivity index (χ0) is 14.8. The molecule has 1 aliphatic rings. The van der Waals surface area contributed by atoms with Gasteiger partial charge in [0.1, 0.15) is 0 Å². The molecule has 1 fully saturated rings. The molecule has 2 amide bonds. The summed E-state index contributed by atoms with van der Waals surface area (Å²) in [5.41, 5.74) is 0.165. The van der Waals surface area contributed by atoms with E-state index < -0.39 is 11.5 Å². The third-order valence-electron chi connectivity index (χ3n) is 3.65. The van der Waals surface area contributed by atoms with Crippen molar-refractivity contribution >= 4 is 17.7 Å². The van der Waals surface area contributed by atoms with Gasteiger partial charge >= 0.3 is 12.0 Å². The van der Waals surface area contributed by atoms with E-state index in [-0.39, 0.29) is 17.7 Å². The molecule has 6 nitrogen and oxygen atoms in total. The van der Waals surface area contributed by atoms with Crippen molar-refractivity contribution in [2.24, 2.45) is 0 Å². The van der Waals surface area contributed by atoms with Gasteiger partial charge in [-0.15, -0.1) is 0 Å². The fraction of sp³-hybridized carbons (Fsp3) is 0.429. The van der Waals surface area contributed by atoms with Gasteiger partial charge in [-0.1, -0.05) is 6.07 Å². The maximum atomic E-state index is 12.0. The number of hydrogen-bond donors (Lipinski definition) is 3. The van der Waals surface area contributed by atoms with Crippen LogP contribution in [0.2, 0.25) is 0 Å². The summed E-state index contributed by atoms with van der Waals surface area (Å²) in [5.74, 6) is -1.03. The number of ether oxygens (including phenoxy) is 1. The highest BCUT2D eigenvalue weighted by Crippen LogP contribution is 2.25. The second-order valence-corrected chi connectivity index (χ2v) is 5.15. The van der Waals surface area contributed by atoms with Crippen LogP contribution in [0.5, 0.6) is 0 Å². The molecule has 0 aromatic heterocycles. The topological polar surface area (TPSA) is 87.7 Å². The number of nitrogens with one attached hydrogen (secondary N) is 2. The smallest absolute Gasteiger partial charge is 0.335 e. The van der Waals surface area contributed by atoms with E-state index in [4.69, 9.17) is 9.84 Å². The molecular weight excluding hydrogens is 260 g/mol. The average molecular weight is 278 g/mol. The summed E-state index contributed by atoms with van der Waals surface area (Å²) in [5, 5.41) is 14.4. The first kappa shape index (κ1) is 14.3. The number of aromatic carboxylic acids is 1. The van der Waals surface area contributed by atoms with E-state index in [1.165, 1.54) is 12.1 Å². The molecule has 2 rings (SSSR count). The van der Waals surface area contributed by atoms with Gasteiger partial charge in [0.25, 0.3) is 0 Å². The number of benzene rings is 1. The van der Waals surface area contributed by atoms with Crippen molar-refractivity contribution in [2.75, 3.05) is 11.9 Å². The maximum absolute atomic E-state index is 12.0. The van der Waals surface area contributed by atoms with Gasteiger partial charge in [-0.3, -0.25) is 0 Å². The van der Waals surface area contributed by atoms with Crippen LogP contribution in [0.4, 0.5) is 10.5 Å². The molecule has 0 spiro atoms. The summed E-state index contributed by atoms with van der Waals surface area (Å²) in [6.45, 7) is 4.46. The summed E-state index contributed by atoms with van der Waals surface area (Å²) >= 11 is 0. The highest BCUT2D eigenvalue weighted by atomic mass is 16.5. The van der Waals surface area contributed by atoms with E-state index in [1.54, 1.807) is 12.1 Å². The van der Waals surface area contributed by atoms with Crippen LogP contribution in [0.1, 0.15) is 30.6 Å². The van der Waals surface area contributed by atoms with Crippen LogP contribution in [0.25, 0.3) is 0 Å². The molecule has 1 heterocycles. The highest BCUT2D eigenvalue weighted by molar-refractivity contribution is 5.93. The van der Waals surface area contributed by atoms with Crippen molar-refractivity contribution in [1.29, 1.82) is 0 Å². The molecule has 2 atom stereocenters. The van der Waals surface area contributed by atoms with Gasteiger partial charge in [0, 0.05) is 12.3 Å². The third-order valence-corrected chi connectivity index (χ3v) is 3.65. The van der Waals surface area contributed by atoms with Crippen LogP contribution < -0.4 is 10.6 Å². The van der Waals surface area contributed by atoms with Crippen molar-refractivity contribution in [2.45, 2.75) is 31.9 Å². The Morgan fingerprint density at radius 3 is 2.80 bits per heavy atom. The summed E-state index contributed by atoms with van der Waals surface area (Å²) in [4.78, 5) is 22.8. The zero-order valence-corrected chi connectivity index (χ0v) is 11.5. The first-order chi connectivity index (χ1) is 9.40. The first-order valence-electron chi connectivity index (χ1n) is 6.45. The van der Waals surface area contributed by atoms with E-state index in [1.807, 2.05) is 13.8 Å². The number of carboxylic acid groups (broad SMARTS) is 1. The fourth-order valence-electron chi connectivity index (χ4n) is 2.15. The monoisotopic (exact) mass is 278 g/mol. The predicted molar refractivity (Wildman–Crippen MR) is 74.0 cm³/mol. The molecule has 3 N–H and O–H groups in total. The number of anilines is 1. The molecule has 1 aromatic rings. The van der Waals surface area contributed by atoms with Gasteiger partial charge in [0.2, 0.25) is 0 Å². The van der Waals surface area contributed by atoms with Crippen molar-refractivity contribution in [3.8, 4) is 0 Å². The van der Waals surface area contributed by atoms with Crippen molar-refractivity contribution in [3.05, 3.63) is 29.8 Å². The lowest BCUT2D eigenvalue weighted by molar-refractivity contribution is 0.0697. The van der Waals surface area contributed by atoms with Crippen LogP contribution in [0.3, 0.4) is 0 Å². The molecule has 1 aromatic carbocycles. The van der Waals surface area contributed by atoms with Gasteiger partial charge in [0.05, 0.1) is 17.2 Å². The SMILES string of the molecule is CC1OCCC1(C)NC(=O)Nc1cccc(C(=O)O)c1. The minimum Gasteiger partial charge on any atom is -0.478 e. The Labute approximate surface area is 117 Å². The Hall–Kier alpha value is -2.08. The van der Waals surface area contributed by atoms with E-state index >= 15 is 0 Å². The number of amides is 2. The van der Waals surface area contributed by atoms with E-state index in [2.05, 4.69) is 10.6 Å². The average Bonchev–Trinajstić information content (AvgIpc) is 2.69. The molecule has 20 heavy (non-hydrogen) atoms. The Balaban J connectivity index is 2.01. The van der Waals surface area contributed by atoms with Crippen molar-refractivity contribution in [3.63, 3.8) is 0 Å². The Morgan fingerprint density at radius 2 is 2.20 bits per heavy atom. The quantitative estimate of drug-likeness (QED) is 0.790. The highest BCUT2D eigenvalue weighted by Gasteiger charge is 2.38. The van der Waals surface area contributed by atoms with Crippen LogP contribution in [0.15, 0.2) is 24.3 Å². The van der Waals surface area contributed by atoms with E-state index in [0.29, 0.717) is 12.3 Å². The Kier molecular flexibility index (Phi) is 3.94. The standard InChI is InChI=1S/C14H18N2O4/c1-9-14(2,6-7-20-9)16-13(19)15-11-5-3-4-10(8-11)12(17)18/h3-5,8-9H,6-7H2,1-2H3,(H,17,18)(H2,15,16,19). The lowest BCUT2D eigenvalue weighted by Gasteiger charge is -2.28. The first-order valence-corrected chi connectivity index (χ1v) is 6.45. The van der Waals surface area contributed by atoms with Crippen molar-refractivity contribution < 1.29 is 19.4 Å². The van der Waals surface area contributed by atoms with Gasteiger partial charge in [0.15, 0.2) is 0 Å². The number of hydrogen-bond acceptors (Lipinski definition) is 3. The molecule has 0 aliphatic carbocycles. The normalized spacial score (nSPS) is 25.2. The molecular formula is C14H18N2O4. The van der Waals surface area contributed by atoms with E-state index in [9.17, 15) is 9.59 Å². The van der Waals surface area contributed by atoms with Gasteiger partial charge < -0.3 is 20.5 Å².